The second-order valence-corrected chi connectivity index (χ2v) is 30.8. The van der Waals surface area contributed by atoms with Crippen molar-refractivity contribution in [3.05, 3.63) is 307 Å². The molecule has 0 aliphatic heterocycles. The number of aryl methyl sites for hydroxylation is 4. The molecule has 23 nitrogen and oxygen atoms in total. The van der Waals surface area contributed by atoms with Gasteiger partial charge in [0.1, 0.15) is 22.3 Å². The number of nitrogens with two attached hydrogens (primary N) is 2. The molecule has 29 heteroatoms. The Morgan fingerprint density at radius 1 is 0.678 bits per heavy atom. The first-order chi connectivity index (χ1) is 57.6. The van der Waals surface area contributed by atoms with Crippen LogP contribution in [0.5, 0.6) is 5.88 Å². The number of nitrogens with zero attached hydrogens (tertiary/aromatic N) is 4. The van der Waals surface area contributed by atoms with Gasteiger partial charge in [-0.05, 0) is 163 Å². The van der Waals surface area contributed by atoms with Crippen molar-refractivity contribution in [1.82, 2.24) is 34.5 Å². The quantitative estimate of drug-likeness (QED) is 0.0143. The van der Waals surface area contributed by atoms with Gasteiger partial charge in [-0.2, -0.15) is 0 Å². The number of hydrogen-bond acceptors (Lipinski definition) is 19. The minimum atomic E-state index is -0.546. The molecule has 9 heterocycles. The van der Waals surface area contributed by atoms with Crippen LogP contribution in [0.4, 0.5) is 15.8 Å². The molecule has 0 saturated heterocycles. The molecule has 0 saturated carbocycles. The predicted octanol–water partition coefficient (Wildman–Crippen LogP) is 21.4. The largest absolute Gasteiger partial charge is 0.494 e. The number of rotatable bonds is 16. The summed E-state index contributed by atoms with van der Waals surface area (Å²) in [7, 11) is 3.06. The number of nitrogens with one attached hydrogen (secondary N) is 5. The number of unbranched alkanes of at least 4 members (excludes halogenated alkanes) is 1. The summed E-state index contributed by atoms with van der Waals surface area (Å²) < 4.78 is 32.1. The summed E-state index contributed by atoms with van der Waals surface area (Å²) in [5.41, 5.74) is 26.8. The Morgan fingerprint density at radius 3 is 2.02 bits per heavy atom. The number of methoxy groups -OCH3 is 1. The third kappa shape index (κ3) is 18.5. The molecule has 1 aliphatic carbocycles. The van der Waals surface area contributed by atoms with E-state index in [4.69, 9.17) is 25.4 Å². The molecule has 1 atom stereocenters. The second-order valence-electron chi connectivity index (χ2n) is 27.9. The van der Waals surface area contributed by atoms with Gasteiger partial charge in [0.05, 0.1) is 70.4 Å². The van der Waals surface area contributed by atoms with Crippen LogP contribution in [0.2, 0.25) is 0 Å². The number of aliphatic hydroxyl groups is 1. The van der Waals surface area contributed by atoms with E-state index in [2.05, 4.69) is 61.1 Å². The second kappa shape index (κ2) is 38.8. The Hall–Kier alpha value is -13.1. The third-order valence-corrected chi connectivity index (χ3v) is 22.7. The summed E-state index contributed by atoms with van der Waals surface area (Å²) in [6.07, 6.45) is 11.1. The molecule has 614 valence electrons. The lowest BCUT2D eigenvalue weighted by atomic mass is 9.84. The van der Waals surface area contributed by atoms with E-state index in [1.165, 1.54) is 48.5 Å². The normalized spacial score (nSPS) is 11.5. The standard InChI is InChI=1S/C20H23FN4OS.C18H12O3.C17H12BrN3O2.C14H10N2O3S.C14H11NO2.C9H9NO.2ClH/c1-12-10-13(20-25-17-11-14(21)6-8-18(17)27-20)5-7-16(12)24-19(26)15(23)4-2-3-9-22;1-9-4-3-5-12-11(9)6-7-13-15(12)17(20)16(19)14-10(2)8-21-18(13)14;1-21-13-8-9(18)6-7-11(13)14(17(21)22)16-15(20-23)10-4-2-3-5-12(10)19-16;1-19-14(18)11-7-20-13(16-11)12(17)9-6-15-10-5-3-2-4-8(9)10;16-13(14-6-3-7-17-14)8-10-9-15-12-5-2-1-4-11(10)12;11-6-7-5-10-9-4-2-1-3-8(7)9;;/h5-8,10-11,15H,2-4,9,22-23H2,1H3,(H,24,26);3-8H,1-2H3;2-8,19,22H,1H3;2-7,15H,1H3;1-7,9,15H,8H2;1-5,10-11H,6H2;2*1H/t15-;;;;;;;/m0......./s1. The van der Waals surface area contributed by atoms with Crippen LogP contribution < -0.4 is 16.8 Å². The first-order valence-electron chi connectivity index (χ1n) is 37.6. The number of aromatic amines is 4. The minimum Gasteiger partial charge on any atom is -0.494 e. The molecule has 0 spiro atoms. The zero-order chi connectivity index (χ0) is 83.7. The number of aliphatic hydroxyl groups excluding tert-OH is 1. The maximum Gasteiger partial charge on any atom is 0.357 e. The van der Waals surface area contributed by atoms with E-state index in [9.17, 15) is 43.2 Å². The number of halogens is 4. The zero-order valence-corrected chi connectivity index (χ0v) is 70.4. The van der Waals surface area contributed by atoms with Crippen LogP contribution in [0.3, 0.4) is 0 Å². The minimum absolute atomic E-state index is 0. The van der Waals surface area contributed by atoms with E-state index in [0.717, 1.165) is 137 Å². The van der Waals surface area contributed by atoms with E-state index in [-0.39, 0.29) is 71.3 Å². The van der Waals surface area contributed by atoms with E-state index < -0.39 is 23.6 Å². The van der Waals surface area contributed by atoms with Crippen LogP contribution in [0.15, 0.2) is 249 Å². The summed E-state index contributed by atoms with van der Waals surface area (Å²) in [4.78, 5) is 105. The van der Waals surface area contributed by atoms with Gasteiger partial charge in [-0.25, -0.2) is 19.2 Å². The molecule has 19 rings (SSSR count). The zero-order valence-electron chi connectivity index (χ0n) is 65.6. The molecule has 9 aromatic heterocycles. The van der Waals surface area contributed by atoms with Gasteiger partial charge < -0.3 is 65.1 Å². The lowest BCUT2D eigenvalue weighted by Crippen LogP contribution is -2.35. The molecule has 9 aromatic carbocycles. The van der Waals surface area contributed by atoms with Crippen molar-refractivity contribution in [2.45, 2.75) is 59.1 Å². The predicted molar refractivity (Wildman–Crippen MR) is 483 cm³/mol. The van der Waals surface area contributed by atoms with Gasteiger partial charge in [0.15, 0.2) is 16.5 Å². The lowest BCUT2D eigenvalue weighted by Gasteiger charge is -2.16. The number of nitroso groups, excluding NO2 is 1. The smallest absolute Gasteiger partial charge is 0.357 e. The number of aromatic hydroxyl groups is 1. The molecule has 0 radical (unpaired) electrons. The molecule has 0 unspecified atom stereocenters. The summed E-state index contributed by atoms with van der Waals surface area (Å²) in [5.74, 6) is -1.15. The molecule has 0 bridgehead atoms. The fourth-order valence-electron chi connectivity index (χ4n) is 14.2. The van der Waals surface area contributed by atoms with Crippen molar-refractivity contribution in [3.63, 3.8) is 0 Å². The van der Waals surface area contributed by atoms with Crippen molar-refractivity contribution < 1.29 is 56.9 Å². The number of carbonyl (C=O) groups excluding carboxylic acids is 6. The summed E-state index contributed by atoms with van der Waals surface area (Å²) >= 11 is 6.08. The Bertz CT molecular complexity index is 6900. The van der Waals surface area contributed by atoms with E-state index >= 15 is 0 Å². The topological polar surface area (TPSA) is 366 Å². The number of fused-ring (bicyclic) bond motifs is 11. The van der Waals surface area contributed by atoms with Crippen LogP contribution in [-0.4, -0.2) is 99.4 Å². The van der Waals surface area contributed by atoms with Gasteiger partial charge in [-0.3, -0.25) is 24.0 Å². The molecule has 1 amide bonds. The van der Waals surface area contributed by atoms with Gasteiger partial charge in [-0.1, -0.05) is 125 Å². The van der Waals surface area contributed by atoms with Crippen molar-refractivity contribution in [1.29, 1.82) is 0 Å². The number of benzene rings is 9. The van der Waals surface area contributed by atoms with Gasteiger partial charge in [0, 0.05) is 125 Å². The molecule has 1 aliphatic rings. The van der Waals surface area contributed by atoms with Crippen LogP contribution in [0.1, 0.15) is 104 Å². The molecule has 11 N–H and O–H groups in total. The molecular weight excluding hydrogens is 1690 g/mol. The summed E-state index contributed by atoms with van der Waals surface area (Å²) in [6, 6.07) is 59.4. The fraction of sp³-hybridized carbons (Fsp3) is 0.130. The SMILES string of the molecule is COC(=O)c1csc(C(=O)c2c[nH]c3ccccc23)n1.Cc1cc(-c2nc3cc(F)ccc3s2)ccc1NC(=O)[C@@H](N)CCCCN.Cc1coc2c1C(=O)C(=O)c1c-2ccc2c(C)cccc12.Cl.Cl.Cn1c(O)c(-c2[nH]c3ccccc3c2N=O)c2ccc(Br)cc21.O=C(Cc1c[nH]c2ccccc12)c1ccco1.OCc1c[nH]c2ccccc12. The van der Waals surface area contributed by atoms with E-state index in [0.29, 0.717) is 81.2 Å². The highest BCUT2D eigenvalue weighted by atomic mass is 79.9. The molecule has 121 heavy (non-hydrogen) atoms. The van der Waals surface area contributed by atoms with Crippen LogP contribution >= 0.6 is 63.4 Å². The number of Topliss-reactive ketones (excluding diaryl/α,β-unsaturated/α-hetero) is 3. The average molecular weight is 1760 g/mol. The van der Waals surface area contributed by atoms with Crippen molar-refractivity contribution in [3.8, 4) is 39.0 Å². The number of para-hydroxylation sites is 4. The first kappa shape index (κ1) is 87.2. The van der Waals surface area contributed by atoms with Gasteiger partial charge in [0.2, 0.25) is 34.9 Å². The van der Waals surface area contributed by atoms with Crippen molar-refractivity contribution in [2.75, 3.05) is 19.0 Å². The number of thiazole rings is 2. The summed E-state index contributed by atoms with van der Waals surface area (Å²) in [6.45, 7) is 6.40. The number of anilines is 1. The van der Waals surface area contributed by atoms with Crippen molar-refractivity contribution in [2.24, 2.45) is 23.7 Å². The Morgan fingerprint density at radius 2 is 1.33 bits per heavy atom. The van der Waals surface area contributed by atoms with Gasteiger partial charge in [-0.15, -0.1) is 52.4 Å². The monoisotopic (exact) mass is 1760 g/mol. The molecule has 18 aromatic rings. The van der Waals surface area contributed by atoms with Crippen molar-refractivity contribution >= 4 is 185 Å². The number of carbonyl (C=O) groups is 6. The summed E-state index contributed by atoms with van der Waals surface area (Å²) in [5, 5.41) is 34.6. The number of hydrogen-bond donors (Lipinski definition) is 9. The number of H-pyrrole nitrogens is 4. The number of aromatic nitrogens is 7. The van der Waals surface area contributed by atoms with E-state index in [1.807, 2.05) is 190 Å². The van der Waals surface area contributed by atoms with Gasteiger partial charge >= 0.3 is 5.97 Å². The maximum atomic E-state index is 13.4. The highest BCUT2D eigenvalue weighted by Gasteiger charge is 2.36. The highest BCUT2D eigenvalue weighted by Crippen LogP contribution is 2.47. The number of ketones is 4. The highest BCUT2D eigenvalue weighted by molar-refractivity contribution is 9.10. The van der Waals surface area contributed by atoms with Crippen LogP contribution in [-0.2, 0) is 29.6 Å². The number of esters is 1. The Balaban J connectivity index is 0.000000134. The van der Waals surface area contributed by atoms with Gasteiger partial charge in [0.25, 0.3) is 0 Å². The number of ether oxygens (including phenoxy) is 1. The number of furan rings is 2. The lowest BCUT2D eigenvalue weighted by molar-refractivity contribution is -0.117. The molecular formula is C92H79BrCl2FN11O12S2. The average Bonchev–Trinajstić information content (AvgIpc) is 1.70. The Labute approximate surface area is 719 Å². The van der Waals surface area contributed by atoms with Crippen LogP contribution in [0, 0.1) is 31.5 Å². The van der Waals surface area contributed by atoms with Crippen LogP contribution in [0.25, 0.3) is 109 Å². The third-order valence-electron chi connectivity index (χ3n) is 20.3. The molecule has 0 fully saturated rings. The first-order valence-corrected chi connectivity index (χ1v) is 40.1. The Kier molecular flexibility index (Phi) is 27.9. The number of amides is 1. The fourth-order valence-corrected chi connectivity index (χ4v) is 16.2. The van der Waals surface area contributed by atoms with E-state index in [1.54, 1.807) is 42.9 Å². The maximum absolute atomic E-state index is 13.4.